The van der Waals surface area contributed by atoms with Crippen LogP contribution in [0.2, 0.25) is 0 Å². The van der Waals surface area contributed by atoms with E-state index in [9.17, 15) is 0 Å². The average molecular weight is 988 g/mol. The first-order chi connectivity index (χ1) is 37.7. The number of fused-ring (bicyclic) bond motifs is 12. The van der Waals surface area contributed by atoms with Crippen molar-refractivity contribution in [1.82, 2.24) is 15.0 Å². The van der Waals surface area contributed by atoms with Crippen LogP contribution in [0.1, 0.15) is 22.3 Å². The van der Waals surface area contributed by atoms with E-state index < -0.39 is 5.41 Å². The topological polar surface area (TPSA) is 65.0 Å². The van der Waals surface area contributed by atoms with Gasteiger partial charge in [0.2, 0.25) is 0 Å². The largest absolute Gasteiger partial charge is 0.456 e. The van der Waals surface area contributed by atoms with Gasteiger partial charge in [-0.15, -0.1) is 11.3 Å². The predicted octanol–water partition coefficient (Wildman–Crippen LogP) is 18.7. The first-order valence-electron chi connectivity index (χ1n) is 25.7. The molecule has 4 aromatic heterocycles. The number of rotatable bonds is 7. The van der Waals surface area contributed by atoms with Crippen LogP contribution in [0.15, 0.2) is 258 Å². The number of hydrogen-bond acceptors (Lipinski definition) is 6. The van der Waals surface area contributed by atoms with E-state index >= 15 is 0 Å². The summed E-state index contributed by atoms with van der Waals surface area (Å²) in [5.74, 6) is 1.67. The molecule has 0 spiro atoms. The Morgan fingerprint density at radius 3 is 1.68 bits per heavy atom. The summed E-state index contributed by atoms with van der Waals surface area (Å²) >= 11 is 1.78. The molecule has 0 radical (unpaired) electrons. The standard InChI is InChI=1S/C70H41N3O2S/c1-3-20-45(21-4-1)70(46-22-5-2-6-23-46)56-32-10-7-25-50(56)63-47(27-15-33-57(63)70)44-19-13-18-42(40-44)43-38-39-59-55(41-43)64-52(29-16-35-60(64)74-59)67-71-68(53-30-17-37-62-65(53)51-26-9-12-36-61(51)76-62)73-69(72-67)54-31-14-28-49-48-24-8-11-34-58(48)75-66(49)54/h1-41H. The van der Waals surface area contributed by atoms with Crippen molar-refractivity contribution >= 4 is 75.4 Å². The highest BCUT2D eigenvalue weighted by Crippen LogP contribution is 2.58. The lowest BCUT2D eigenvalue weighted by Crippen LogP contribution is -2.28. The van der Waals surface area contributed by atoms with Gasteiger partial charge in [0.25, 0.3) is 0 Å². The number of aromatic nitrogens is 3. The van der Waals surface area contributed by atoms with E-state index in [1.54, 1.807) is 11.3 Å². The fourth-order valence-corrected chi connectivity index (χ4v) is 13.5. The van der Waals surface area contributed by atoms with Crippen LogP contribution < -0.4 is 0 Å². The van der Waals surface area contributed by atoms with Crippen LogP contribution in [0.4, 0.5) is 0 Å². The maximum absolute atomic E-state index is 6.71. The normalized spacial score (nSPS) is 12.8. The highest BCUT2D eigenvalue weighted by Gasteiger charge is 2.46. The molecule has 354 valence electrons. The molecule has 5 nitrogen and oxygen atoms in total. The number of benzene rings is 11. The Balaban J connectivity index is 0.875. The Bertz CT molecular complexity index is 4800. The van der Waals surface area contributed by atoms with Crippen molar-refractivity contribution in [1.29, 1.82) is 0 Å². The average Bonchev–Trinajstić information content (AvgIpc) is 4.27. The summed E-state index contributed by atoms with van der Waals surface area (Å²) in [4.78, 5) is 16.2. The van der Waals surface area contributed by atoms with Gasteiger partial charge in [0, 0.05) is 52.8 Å². The summed E-state index contributed by atoms with van der Waals surface area (Å²) in [5.41, 5.74) is 17.3. The Kier molecular flexibility index (Phi) is 9.35. The lowest BCUT2D eigenvalue weighted by atomic mass is 9.67. The minimum absolute atomic E-state index is 0.487. The molecule has 0 atom stereocenters. The number of para-hydroxylation sites is 2. The third-order valence-electron chi connectivity index (χ3n) is 15.6. The van der Waals surface area contributed by atoms with Gasteiger partial charge in [-0.25, -0.2) is 15.0 Å². The molecular formula is C70H41N3O2S. The molecule has 15 aromatic rings. The van der Waals surface area contributed by atoms with E-state index in [0.29, 0.717) is 17.5 Å². The van der Waals surface area contributed by atoms with Gasteiger partial charge in [0.1, 0.15) is 22.3 Å². The third-order valence-corrected chi connectivity index (χ3v) is 16.8. The maximum Gasteiger partial charge on any atom is 0.167 e. The summed E-state index contributed by atoms with van der Waals surface area (Å²) in [6.07, 6.45) is 0. The van der Waals surface area contributed by atoms with Crippen LogP contribution in [-0.4, -0.2) is 15.0 Å². The van der Waals surface area contributed by atoms with Gasteiger partial charge >= 0.3 is 0 Å². The zero-order valence-electron chi connectivity index (χ0n) is 40.7. The Labute approximate surface area is 440 Å². The van der Waals surface area contributed by atoms with Crippen LogP contribution in [0.5, 0.6) is 0 Å². The quantitative estimate of drug-likeness (QED) is 0.159. The summed E-state index contributed by atoms with van der Waals surface area (Å²) in [5, 5.41) is 6.28. The van der Waals surface area contributed by atoms with Crippen LogP contribution in [0.3, 0.4) is 0 Å². The molecule has 4 heterocycles. The van der Waals surface area contributed by atoms with Crippen molar-refractivity contribution in [3.05, 3.63) is 271 Å². The number of hydrogen-bond donors (Lipinski definition) is 0. The molecule has 0 N–H and O–H groups in total. The fourth-order valence-electron chi connectivity index (χ4n) is 12.4. The molecule has 6 heteroatoms. The second kappa shape index (κ2) is 16.6. The zero-order valence-corrected chi connectivity index (χ0v) is 41.6. The minimum atomic E-state index is -0.487. The second-order valence-electron chi connectivity index (χ2n) is 19.7. The molecule has 0 amide bonds. The zero-order chi connectivity index (χ0) is 49.9. The molecule has 0 aliphatic heterocycles. The Morgan fingerprint density at radius 1 is 0.316 bits per heavy atom. The predicted molar refractivity (Wildman–Crippen MR) is 312 cm³/mol. The Hall–Kier alpha value is -9.75. The van der Waals surface area contributed by atoms with E-state index in [1.165, 1.54) is 53.7 Å². The van der Waals surface area contributed by atoms with Gasteiger partial charge in [0.05, 0.1) is 11.0 Å². The lowest BCUT2D eigenvalue weighted by Gasteiger charge is -2.34. The molecule has 16 rings (SSSR count). The van der Waals surface area contributed by atoms with Crippen LogP contribution in [0, 0.1) is 0 Å². The fraction of sp³-hybridized carbons (Fsp3) is 0.0143. The van der Waals surface area contributed by atoms with E-state index in [1.807, 2.05) is 36.4 Å². The van der Waals surface area contributed by atoms with Crippen LogP contribution >= 0.6 is 11.3 Å². The van der Waals surface area contributed by atoms with Gasteiger partial charge in [-0.2, -0.15) is 0 Å². The summed E-state index contributed by atoms with van der Waals surface area (Å²) in [6.45, 7) is 0. The smallest absolute Gasteiger partial charge is 0.167 e. The Morgan fingerprint density at radius 2 is 0.855 bits per heavy atom. The van der Waals surface area contributed by atoms with E-state index in [2.05, 4.69) is 212 Å². The molecule has 11 aromatic carbocycles. The van der Waals surface area contributed by atoms with Gasteiger partial charge in [-0.1, -0.05) is 200 Å². The second-order valence-corrected chi connectivity index (χ2v) is 20.8. The monoisotopic (exact) mass is 987 g/mol. The molecule has 0 fully saturated rings. The SMILES string of the molecule is c1ccc(C2(c3ccccc3)c3ccccc3-c3c(-c4cccc(-c5ccc6oc7cccc(-c8nc(-c9cccc%10c9oc9ccccc9%10)nc(-c9cccc%10sc%11ccccc%11c9%10)n8)c7c6c5)c4)cccc32)cc1. The van der Waals surface area contributed by atoms with Gasteiger partial charge in [0.15, 0.2) is 17.5 Å². The number of nitrogens with zero attached hydrogens (tertiary/aromatic N) is 3. The first kappa shape index (κ1) is 42.7. The molecule has 0 bridgehead atoms. The minimum Gasteiger partial charge on any atom is -0.456 e. The molecule has 76 heavy (non-hydrogen) atoms. The summed E-state index contributed by atoms with van der Waals surface area (Å²) in [7, 11) is 0. The molecule has 0 saturated heterocycles. The molecule has 0 unspecified atom stereocenters. The molecular weight excluding hydrogens is 947 g/mol. The van der Waals surface area contributed by atoms with E-state index in [0.717, 1.165) is 82.6 Å². The van der Waals surface area contributed by atoms with Crippen molar-refractivity contribution in [2.75, 3.05) is 0 Å². The van der Waals surface area contributed by atoms with Crippen LogP contribution in [0.25, 0.3) is 132 Å². The van der Waals surface area contributed by atoms with E-state index in [4.69, 9.17) is 23.8 Å². The number of thiophene rings is 1. The van der Waals surface area contributed by atoms with Crippen molar-refractivity contribution in [3.8, 4) is 67.5 Å². The lowest BCUT2D eigenvalue weighted by molar-refractivity contribution is 0.668. The molecule has 1 aliphatic carbocycles. The highest BCUT2D eigenvalue weighted by molar-refractivity contribution is 7.25. The van der Waals surface area contributed by atoms with Crippen molar-refractivity contribution in [2.24, 2.45) is 0 Å². The van der Waals surface area contributed by atoms with Crippen molar-refractivity contribution in [2.45, 2.75) is 5.41 Å². The summed E-state index contributed by atoms with van der Waals surface area (Å²) in [6, 6.07) is 88.8. The third kappa shape index (κ3) is 6.28. The molecule has 1 aliphatic rings. The maximum atomic E-state index is 6.71. The van der Waals surface area contributed by atoms with Crippen LogP contribution in [-0.2, 0) is 5.41 Å². The first-order valence-corrected chi connectivity index (χ1v) is 26.5. The van der Waals surface area contributed by atoms with Gasteiger partial charge in [-0.3, -0.25) is 0 Å². The highest BCUT2D eigenvalue weighted by atomic mass is 32.1. The van der Waals surface area contributed by atoms with Gasteiger partial charge < -0.3 is 8.83 Å². The summed E-state index contributed by atoms with van der Waals surface area (Å²) < 4.78 is 15.7. The van der Waals surface area contributed by atoms with Crippen molar-refractivity contribution < 1.29 is 8.83 Å². The molecule has 0 saturated carbocycles. The number of furan rings is 2. The van der Waals surface area contributed by atoms with Gasteiger partial charge in [-0.05, 0) is 104 Å². The van der Waals surface area contributed by atoms with Crippen molar-refractivity contribution in [3.63, 3.8) is 0 Å². The van der Waals surface area contributed by atoms with E-state index in [-0.39, 0.29) is 0 Å².